The van der Waals surface area contributed by atoms with E-state index in [9.17, 15) is 22.4 Å². The minimum atomic E-state index is -4.52. The molecule has 40 heavy (non-hydrogen) atoms. The lowest BCUT2D eigenvalue weighted by Crippen LogP contribution is -2.52. The van der Waals surface area contributed by atoms with Gasteiger partial charge in [0.15, 0.2) is 0 Å². The van der Waals surface area contributed by atoms with E-state index < -0.39 is 23.4 Å². The van der Waals surface area contributed by atoms with Crippen molar-refractivity contribution in [2.24, 2.45) is 0 Å². The highest BCUT2D eigenvalue weighted by atomic mass is 19.4. The van der Waals surface area contributed by atoms with Crippen molar-refractivity contribution in [2.45, 2.75) is 39.1 Å². The molecule has 1 unspecified atom stereocenters. The monoisotopic (exact) mass is 550 g/mol. The van der Waals surface area contributed by atoms with Gasteiger partial charge in [-0.05, 0) is 81.3 Å². The van der Waals surface area contributed by atoms with Crippen LogP contribution < -0.4 is 10.2 Å². The second-order valence-electron chi connectivity index (χ2n) is 9.72. The number of aromatic nitrogens is 2. The molecule has 1 aromatic heterocycles. The van der Waals surface area contributed by atoms with Gasteiger partial charge in [-0.1, -0.05) is 24.3 Å². The molecule has 3 aromatic carbocycles. The predicted molar refractivity (Wildman–Crippen MR) is 143 cm³/mol. The Balaban J connectivity index is 1.54. The maximum Gasteiger partial charge on any atom is 0.416 e. The van der Waals surface area contributed by atoms with Crippen LogP contribution in [0.15, 0.2) is 72.8 Å². The van der Waals surface area contributed by atoms with Crippen molar-refractivity contribution in [3.63, 3.8) is 0 Å². The molecule has 1 atom stereocenters. The fourth-order valence-corrected chi connectivity index (χ4v) is 4.83. The molecule has 1 aliphatic rings. The number of esters is 1. The molecule has 0 amide bonds. The van der Waals surface area contributed by atoms with Crippen LogP contribution in [-0.4, -0.2) is 22.5 Å². The van der Waals surface area contributed by atoms with Crippen molar-refractivity contribution in [2.75, 3.05) is 16.8 Å². The molecule has 206 valence electrons. The van der Waals surface area contributed by atoms with Crippen molar-refractivity contribution in [1.82, 2.24) is 9.97 Å². The number of aryl methyl sites for hydroxylation is 1. The summed E-state index contributed by atoms with van der Waals surface area (Å²) in [6.07, 6.45) is -3.87. The number of benzene rings is 3. The summed E-state index contributed by atoms with van der Waals surface area (Å²) >= 11 is 0. The average Bonchev–Trinajstić information content (AvgIpc) is 2.92. The van der Waals surface area contributed by atoms with Gasteiger partial charge in [0.25, 0.3) is 0 Å². The van der Waals surface area contributed by atoms with E-state index in [-0.39, 0.29) is 17.3 Å². The topological polar surface area (TPSA) is 67.3 Å². The van der Waals surface area contributed by atoms with Crippen LogP contribution in [0.3, 0.4) is 0 Å². The van der Waals surface area contributed by atoms with Gasteiger partial charge in [-0.3, -0.25) is 0 Å². The van der Waals surface area contributed by atoms with Gasteiger partial charge in [0.1, 0.15) is 11.6 Å². The van der Waals surface area contributed by atoms with E-state index in [0.717, 1.165) is 41.0 Å². The number of halogens is 4. The zero-order chi connectivity index (χ0) is 28.7. The summed E-state index contributed by atoms with van der Waals surface area (Å²) in [5.41, 5.74) is 1.56. The molecule has 0 radical (unpaired) electrons. The molecule has 0 fully saturated rings. The number of anilines is 3. The number of carbonyl (C=O) groups is 1. The zero-order valence-corrected chi connectivity index (χ0v) is 22.0. The highest BCUT2D eigenvalue weighted by Gasteiger charge is 2.44. The van der Waals surface area contributed by atoms with Gasteiger partial charge in [0, 0.05) is 29.1 Å². The van der Waals surface area contributed by atoms with Crippen LogP contribution in [-0.2, 0) is 23.1 Å². The van der Waals surface area contributed by atoms with Crippen LogP contribution in [0.1, 0.15) is 45.2 Å². The van der Waals surface area contributed by atoms with Crippen molar-refractivity contribution in [1.29, 1.82) is 0 Å². The van der Waals surface area contributed by atoms with E-state index in [1.54, 1.807) is 19.1 Å². The van der Waals surface area contributed by atoms with E-state index in [0.29, 0.717) is 30.2 Å². The van der Waals surface area contributed by atoms with Gasteiger partial charge >= 0.3 is 12.1 Å². The number of hydrogen-bond donors (Lipinski definition) is 1. The molecule has 0 bridgehead atoms. The number of carbonyl (C=O) groups excluding carboxylic acids is 1. The lowest BCUT2D eigenvalue weighted by molar-refractivity contribution is -0.137. The fourth-order valence-electron chi connectivity index (χ4n) is 4.83. The van der Waals surface area contributed by atoms with Crippen molar-refractivity contribution < 1.29 is 27.1 Å². The minimum absolute atomic E-state index is 0.00788. The number of nitrogens with zero attached hydrogens (tertiary/aromatic N) is 3. The summed E-state index contributed by atoms with van der Waals surface area (Å²) < 4.78 is 58.7. The first-order valence-corrected chi connectivity index (χ1v) is 12.6. The summed E-state index contributed by atoms with van der Waals surface area (Å²) in [6.45, 7) is 5.89. The summed E-state index contributed by atoms with van der Waals surface area (Å²) in [6, 6.07) is 17.3. The molecule has 10 heteroatoms. The summed E-state index contributed by atoms with van der Waals surface area (Å²) in [5, 5.41) is 3.09. The highest BCUT2D eigenvalue weighted by Crippen LogP contribution is 2.41. The summed E-state index contributed by atoms with van der Waals surface area (Å²) in [4.78, 5) is 24.5. The second-order valence-corrected chi connectivity index (χ2v) is 9.72. The summed E-state index contributed by atoms with van der Waals surface area (Å²) in [5.74, 6) is -0.342. The zero-order valence-electron chi connectivity index (χ0n) is 22.0. The van der Waals surface area contributed by atoms with Crippen molar-refractivity contribution in [3.05, 3.63) is 112 Å². The van der Waals surface area contributed by atoms with E-state index in [2.05, 4.69) is 10.3 Å². The predicted octanol–water partition coefficient (Wildman–Crippen LogP) is 7.09. The third kappa shape index (κ3) is 5.21. The van der Waals surface area contributed by atoms with Gasteiger partial charge in [0.2, 0.25) is 11.7 Å². The maximum atomic E-state index is 13.4. The Kier molecular flexibility index (Phi) is 6.95. The van der Waals surface area contributed by atoms with Gasteiger partial charge < -0.3 is 15.0 Å². The molecule has 0 saturated heterocycles. The molecule has 2 heterocycles. The third-order valence-electron chi connectivity index (χ3n) is 7.10. The van der Waals surface area contributed by atoms with E-state index in [1.807, 2.05) is 43.0 Å². The van der Waals surface area contributed by atoms with E-state index in [1.165, 1.54) is 12.1 Å². The SMILES string of the molecule is Cc1nc(Nc2ccc(F)cc2)nc(N2CCc3ccccc3C2(C)OC(=O)c2ccc(C(F)(F)F)cc2)c1C. The molecule has 5 rings (SSSR count). The molecule has 1 aliphatic heterocycles. The number of alkyl halides is 3. The normalized spacial score (nSPS) is 16.8. The van der Waals surface area contributed by atoms with Crippen LogP contribution in [0.4, 0.5) is 35.0 Å². The highest BCUT2D eigenvalue weighted by molar-refractivity contribution is 5.90. The number of nitrogens with one attached hydrogen (secondary N) is 1. The van der Waals surface area contributed by atoms with Crippen LogP contribution in [0.5, 0.6) is 0 Å². The van der Waals surface area contributed by atoms with E-state index >= 15 is 0 Å². The molecule has 4 aromatic rings. The molecular weight excluding hydrogens is 524 g/mol. The third-order valence-corrected chi connectivity index (χ3v) is 7.10. The largest absolute Gasteiger partial charge is 0.431 e. The Morgan fingerprint density at radius 3 is 2.33 bits per heavy atom. The smallest absolute Gasteiger partial charge is 0.416 e. The molecule has 0 spiro atoms. The quantitative estimate of drug-likeness (QED) is 0.211. The van der Waals surface area contributed by atoms with Crippen LogP contribution in [0.2, 0.25) is 0 Å². The molecule has 0 aliphatic carbocycles. The number of hydrogen-bond acceptors (Lipinski definition) is 6. The van der Waals surface area contributed by atoms with Crippen LogP contribution in [0.25, 0.3) is 0 Å². The second kappa shape index (κ2) is 10.3. The molecule has 1 N–H and O–H groups in total. The first kappa shape index (κ1) is 27.1. The first-order chi connectivity index (χ1) is 19.0. The molecular formula is C30H26F4N4O2. The number of ether oxygens (including phenoxy) is 1. The van der Waals surface area contributed by atoms with Crippen molar-refractivity contribution in [3.8, 4) is 0 Å². The van der Waals surface area contributed by atoms with Gasteiger partial charge in [-0.25, -0.2) is 14.2 Å². The standard InChI is InChI=1S/C30H26F4N4O2/c1-18-19(2)35-28(36-24-14-12-23(31)13-15-24)37-26(18)38-17-16-20-6-4-5-7-25(20)29(38,3)40-27(39)21-8-10-22(11-9-21)30(32,33)34/h4-15H,16-17H2,1-3H3,(H,35,36,37). The Labute approximate surface area is 228 Å². The van der Waals surface area contributed by atoms with Gasteiger partial charge in [-0.15, -0.1) is 0 Å². The Morgan fingerprint density at radius 1 is 0.975 bits per heavy atom. The molecule has 0 saturated carbocycles. The lowest BCUT2D eigenvalue weighted by atomic mass is 9.90. The van der Waals surface area contributed by atoms with Crippen LogP contribution in [0, 0.1) is 19.7 Å². The number of rotatable bonds is 5. The number of fused-ring (bicyclic) bond motifs is 1. The Hall–Kier alpha value is -4.47. The summed E-state index contributed by atoms with van der Waals surface area (Å²) in [7, 11) is 0. The minimum Gasteiger partial charge on any atom is -0.431 e. The van der Waals surface area contributed by atoms with Crippen molar-refractivity contribution >= 4 is 23.4 Å². The van der Waals surface area contributed by atoms with Crippen LogP contribution >= 0.6 is 0 Å². The first-order valence-electron chi connectivity index (χ1n) is 12.6. The Morgan fingerprint density at radius 2 is 1.65 bits per heavy atom. The fraction of sp³-hybridized carbons (Fsp3) is 0.233. The molecule has 6 nitrogen and oxygen atoms in total. The maximum absolute atomic E-state index is 13.4. The van der Waals surface area contributed by atoms with E-state index in [4.69, 9.17) is 9.72 Å². The Bertz CT molecular complexity index is 1560. The average molecular weight is 551 g/mol. The van der Waals surface area contributed by atoms with Gasteiger partial charge in [-0.2, -0.15) is 18.2 Å². The van der Waals surface area contributed by atoms with Gasteiger partial charge in [0.05, 0.1) is 11.1 Å². The lowest BCUT2D eigenvalue weighted by Gasteiger charge is -2.46.